The summed E-state index contributed by atoms with van der Waals surface area (Å²) >= 11 is 0. The van der Waals surface area contributed by atoms with Gasteiger partial charge in [-0.15, -0.1) is 0 Å². The molecule has 0 unspecified atom stereocenters. The summed E-state index contributed by atoms with van der Waals surface area (Å²) in [6.45, 7) is 4.04. The van der Waals surface area contributed by atoms with Gasteiger partial charge in [0.15, 0.2) is 0 Å². The Morgan fingerprint density at radius 1 is 1.16 bits per heavy atom. The molecule has 0 saturated carbocycles. The van der Waals surface area contributed by atoms with Gasteiger partial charge in [-0.05, 0) is 68.0 Å². The second kappa shape index (κ2) is 6.85. The minimum absolute atomic E-state index is 0.184. The van der Waals surface area contributed by atoms with E-state index >= 15 is 0 Å². The lowest BCUT2D eigenvalue weighted by atomic mass is 10.0. The van der Waals surface area contributed by atoms with Gasteiger partial charge in [0, 0.05) is 17.3 Å². The molecule has 0 bridgehead atoms. The standard InChI is InChI=1S/C21H21NO3/c1-21(2)13-12-16-14-15(4-10-19(16)25-21)5-11-20(23)22-17-6-8-18(24-3)9-7-17/h4-14H,1-3H3,(H,22,23)/b11-5+. The molecule has 3 rings (SSSR count). The van der Waals surface area contributed by atoms with Crippen molar-refractivity contribution in [3.8, 4) is 11.5 Å². The van der Waals surface area contributed by atoms with Crippen LogP contribution in [0.3, 0.4) is 0 Å². The van der Waals surface area contributed by atoms with Crippen LogP contribution >= 0.6 is 0 Å². The summed E-state index contributed by atoms with van der Waals surface area (Å²) in [5.74, 6) is 1.42. The molecule has 128 valence electrons. The lowest BCUT2D eigenvalue weighted by Crippen LogP contribution is -2.27. The molecule has 0 atom stereocenters. The Hall–Kier alpha value is -3.01. The molecule has 4 nitrogen and oxygen atoms in total. The Balaban J connectivity index is 1.66. The third kappa shape index (κ3) is 4.29. The molecule has 2 aromatic rings. The maximum Gasteiger partial charge on any atom is 0.248 e. The molecule has 0 spiro atoms. The van der Waals surface area contributed by atoms with E-state index in [9.17, 15) is 4.79 Å². The minimum Gasteiger partial charge on any atom is -0.497 e. The minimum atomic E-state index is -0.289. The molecular formula is C21H21NO3. The lowest BCUT2D eigenvalue weighted by molar-refractivity contribution is -0.111. The molecule has 1 heterocycles. The predicted octanol–water partition coefficient (Wildman–Crippen LogP) is 4.53. The molecule has 0 fully saturated rings. The lowest BCUT2D eigenvalue weighted by Gasteiger charge is -2.27. The average molecular weight is 335 g/mol. The van der Waals surface area contributed by atoms with Gasteiger partial charge in [0.05, 0.1) is 7.11 Å². The summed E-state index contributed by atoms with van der Waals surface area (Å²) in [5.41, 5.74) is 2.39. The van der Waals surface area contributed by atoms with Gasteiger partial charge in [-0.1, -0.05) is 12.1 Å². The van der Waals surface area contributed by atoms with Gasteiger partial charge in [-0.3, -0.25) is 4.79 Å². The Morgan fingerprint density at radius 2 is 1.92 bits per heavy atom. The summed E-state index contributed by atoms with van der Waals surface area (Å²) in [4.78, 5) is 12.0. The van der Waals surface area contributed by atoms with Crippen LogP contribution in [0.4, 0.5) is 5.69 Å². The van der Waals surface area contributed by atoms with Gasteiger partial charge in [0.2, 0.25) is 5.91 Å². The number of nitrogens with one attached hydrogen (secondary N) is 1. The summed E-state index contributed by atoms with van der Waals surface area (Å²) in [6, 6.07) is 13.1. The van der Waals surface area contributed by atoms with Gasteiger partial charge < -0.3 is 14.8 Å². The molecule has 1 aliphatic heterocycles. The maximum absolute atomic E-state index is 12.0. The van der Waals surface area contributed by atoms with Crippen molar-refractivity contribution in [2.45, 2.75) is 19.4 Å². The Kier molecular flexibility index (Phi) is 4.61. The molecule has 1 amide bonds. The van der Waals surface area contributed by atoms with E-state index in [0.717, 1.165) is 28.3 Å². The van der Waals surface area contributed by atoms with E-state index in [0.29, 0.717) is 0 Å². The van der Waals surface area contributed by atoms with Crippen molar-refractivity contribution < 1.29 is 14.3 Å². The van der Waals surface area contributed by atoms with Gasteiger partial charge >= 0.3 is 0 Å². The van der Waals surface area contributed by atoms with Crippen molar-refractivity contribution in [3.05, 3.63) is 65.7 Å². The zero-order valence-corrected chi connectivity index (χ0v) is 14.6. The van der Waals surface area contributed by atoms with Crippen LogP contribution in [0.1, 0.15) is 25.0 Å². The summed E-state index contributed by atoms with van der Waals surface area (Å²) in [5, 5.41) is 2.82. The van der Waals surface area contributed by atoms with Crippen LogP contribution < -0.4 is 14.8 Å². The SMILES string of the molecule is COc1ccc(NC(=O)/C=C/c2ccc3c(c2)C=CC(C)(C)O3)cc1. The number of hydrogen-bond acceptors (Lipinski definition) is 3. The van der Waals surface area contributed by atoms with E-state index in [4.69, 9.17) is 9.47 Å². The number of anilines is 1. The van der Waals surface area contributed by atoms with Crippen molar-refractivity contribution in [1.29, 1.82) is 0 Å². The van der Waals surface area contributed by atoms with Gasteiger partial charge in [0.1, 0.15) is 17.1 Å². The highest BCUT2D eigenvalue weighted by Crippen LogP contribution is 2.31. The highest BCUT2D eigenvalue weighted by Gasteiger charge is 2.21. The molecule has 1 N–H and O–H groups in total. The van der Waals surface area contributed by atoms with Crippen LogP contribution in [0, 0.1) is 0 Å². The first kappa shape index (κ1) is 16.8. The largest absolute Gasteiger partial charge is 0.497 e. The molecule has 25 heavy (non-hydrogen) atoms. The number of carbonyl (C=O) groups is 1. The molecule has 1 aliphatic rings. The fraction of sp³-hybridized carbons (Fsp3) is 0.190. The number of carbonyl (C=O) groups excluding carboxylic acids is 1. The fourth-order valence-electron chi connectivity index (χ4n) is 2.53. The van der Waals surface area contributed by atoms with Crippen LogP contribution in [0.5, 0.6) is 11.5 Å². The van der Waals surface area contributed by atoms with E-state index < -0.39 is 0 Å². The summed E-state index contributed by atoms with van der Waals surface area (Å²) < 4.78 is 11.0. The summed E-state index contributed by atoms with van der Waals surface area (Å²) in [6.07, 6.45) is 7.38. The Bertz CT molecular complexity index is 833. The monoisotopic (exact) mass is 335 g/mol. The third-order valence-corrected chi connectivity index (χ3v) is 3.86. The summed E-state index contributed by atoms with van der Waals surface area (Å²) in [7, 11) is 1.61. The van der Waals surface area contributed by atoms with Crippen molar-refractivity contribution >= 4 is 23.7 Å². The fourth-order valence-corrected chi connectivity index (χ4v) is 2.53. The van der Waals surface area contributed by atoms with Crippen molar-refractivity contribution in [3.63, 3.8) is 0 Å². The van der Waals surface area contributed by atoms with E-state index in [-0.39, 0.29) is 11.5 Å². The van der Waals surface area contributed by atoms with Crippen LogP contribution in [0.25, 0.3) is 12.2 Å². The highest BCUT2D eigenvalue weighted by atomic mass is 16.5. The molecule has 0 aliphatic carbocycles. The zero-order chi connectivity index (χ0) is 17.9. The van der Waals surface area contributed by atoms with E-state index in [1.165, 1.54) is 6.08 Å². The van der Waals surface area contributed by atoms with Gasteiger partial charge in [-0.25, -0.2) is 0 Å². The van der Waals surface area contributed by atoms with E-state index in [1.807, 2.05) is 44.2 Å². The molecule has 0 saturated heterocycles. The zero-order valence-electron chi connectivity index (χ0n) is 14.6. The van der Waals surface area contributed by atoms with Gasteiger partial charge in [-0.2, -0.15) is 0 Å². The first-order valence-corrected chi connectivity index (χ1v) is 8.11. The molecular weight excluding hydrogens is 314 g/mol. The Morgan fingerprint density at radius 3 is 2.64 bits per heavy atom. The normalized spacial score (nSPS) is 14.7. The average Bonchev–Trinajstić information content (AvgIpc) is 2.60. The topological polar surface area (TPSA) is 47.6 Å². The second-order valence-electron chi connectivity index (χ2n) is 6.39. The van der Waals surface area contributed by atoms with Crippen molar-refractivity contribution in [2.24, 2.45) is 0 Å². The van der Waals surface area contributed by atoms with Gasteiger partial charge in [0.25, 0.3) is 0 Å². The molecule has 0 radical (unpaired) electrons. The first-order valence-electron chi connectivity index (χ1n) is 8.11. The molecule has 4 heteroatoms. The molecule has 2 aromatic carbocycles. The number of rotatable bonds is 4. The quantitative estimate of drug-likeness (QED) is 0.835. The number of hydrogen-bond donors (Lipinski definition) is 1. The van der Waals surface area contributed by atoms with Crippen LogP contribution in [0.15, 0.2) is 54.6 Å². The van der Waals surface area contributed by atoms with E-state index in [2.05, 4.69) is 5.32 Å². The number of benzene rings is 2. The number of fused-ring (bicyclic) bond motifs is 1. The van der Waals surface area contributed by atoms with Crippen molar-refractivity contribution in [1.82, 2.24) is 0 Å². The second-order valence-corrected chi connectivity index (χ2v) is 6.39. The number of ether oxygens (including phenoxy) is 2. The van der Waals surface area contributed by atoms with Crippen molar-refractivity contribution in [2.75, 3.05) is 12.4 Å². The number of amides is 1. The van der Waals surface area contributed by atoms with Crippen LogP contribution in [-0.4, -0.2) is 18.6 Å². The highest BCUT2D eigenvalue weighted by molar-refractivity contribution is 6.02. The first-order chi connectivity index (χ1) is 11.9. The molecule has 0 aromatic heterocycles. The van der Waals surface area contributed by atoms with Crippen LogP contribution in [-0.2, 0) is 4.79 Å². The predicted molar refractivity (Wildman–Crippen MR) is 101 cm³/mol. The maximum atomic E-state index is 12.0. The van der Waals surface area contributed by atoms with Crippen LogP contribution in [0.2, 0.25) is 0 Å². The Labute approximate surface area is 147 Å². The number of methoxy groups -OCH3 is 1. The third-order valence-electron chi connectivity index (χ3n) is 3.86. The smallest absolute Gasteiger partial charge is 0.248 e. The van der Waals surface area contributed by atoms with E-state index in [1.54, 1.807) is 37.5 Å².